The number of carboxylic acids is 1. The molecule has 4 nitrogen and oxygen atoms in total. The van der Waals surface area contributed by atoms with Gasteiger partial charge in [-0.15, -0.1) is 0 Å². The van der Waals surface area contributed by atoms with Crippen LogP contribution in [0.4, 0.5) is 14.5 Å². The third-order valence-corrected chi connectivity index (χ3v) is 2.19. The third-order valence-electron chi connectivity index (χ3n) is 2.19. The van der Waals surface area contributed by atoms with Crippen molar-refractivity contribution < 1.29 is 18.7 Å². The summed E-state index contributed by atoms with van der Waals surface area (Å²) in [5.74, 6) is -3.15. The summed E-state index contributed by atoms with van der Waals surface area (Å²) in [6.07, 6.45) is 0.704. The average molecular weight is 244 g/mol. The van der Waals surface area contributed by atoms with Crippen molar-refractivity contribution in [1.29, 1.82) is 0 Å². The van der Waals surface area contributed by atoms with E-state index < -0.39 is 23.2 Å². The van der Waals surface area contributed by atoms with E-state index in [0.29, 0.717) is 13.0 Å². The Labute approximate surface area is 97.6 Å². The molecule has 0 bridgehead atoms. The molecule has 94 valence electrons. The van der Waals surface area contributed by atoms with Crippen LogP contribution in [0.1, 0.15) is 16.8 Å². The Bertz CT molecular complexity index is 387. The normalized spacial score (nSPS) is 10.3. The summed E-state index contributed by atoms with van der Waals surface area (Å²) < 4.78 is 26.8. The third kappa shape index (κ3) is 3.67. The fourth-order valence-electron chi connectivity index (χ4n) is 1.34. The second-order valence-electron chi connectivity index (χ2n) is 3.50. The topological polar surface area (TPSA) is 61.4 Å². The van der Waals surface area contributed by atoms with Crippen LogP contribution >= 0.6 is 0 Å². The molecule has 6 heteroatoms. The van der Waals surface area contributed by atoms with Gasteiger partial charge in [-0.2, -0.15) is 0 Å². The lowest BCUT2D eigenvalue weighted by Gasteiger charge is -2.09. The number of hydrogen-bond acceptors (Lipinski definition) is 3. The first-order valence-electron chi connectivity index (χ1n) is 5.17. The Kier molecular flexibility index (Phi) is 4.84. The molecule has 0 saturated carbocycles. The maximum atomic E-state index is 13.4. The van der Waals surface area contributed by atoms with E-state index in [4.69, 9.17) is 5.11 Å². The smallest absolute Gasteiger partial charge is 0.335 e. The van der Waals surface area contributed by atoms with Crippen molar-refractivity contribution in [3.8, 4) is 0 Å². The van der Waals surface area contributed by atoms with Crippen LogP contribution in [0.25, 0.3) is 0 Å². The molecular weight excluding hydrogens is 230 g/mol. The lowest BCUT2D eigenvalue weighted by molar-refractivity contribution is 0.0696. The largest absolute Gasteiger partial charge is 0.478 e. The van der Waals surface area contributed by atoms with Crippen LogP contribution in [-0.2, 0) is 0 Å². The fraction of sp³-hybridized carbons (Fsp3) is 0.364. The van der Waals surface area contributed by atoms with E-state index in [0.717, 1.165) is 18.7 Å². The van der Waals surface area contributed by atoms with E-state index >= 15 is 0 Å². The SMILES string of the molecule is CNCCCNc1c(F)cc(C(=O)O)cc1F. The van der Waals surface area contributed by atoms with E-state index in [2.05, 4.69) is 10.6 Å². The molecule has 0 spiro atoms. The van der Waals surface area contributed by atoms with E-state index in [9.17, 15) is 13.6 Å². The minimum absolute atomic E-state index is 0.286. The first-order valence-corrected chi connectivity index (χ1v) is 5.17. The minimum atomic E-state index is -1.36. The molecule has 0 unspecified atom stereocenters. The summed E-state index contributed by atoms with van der Waals surface area (Å²) in [6, 6.07) is 1.59. The number of carbonyl (C=O) groups is 1. The van der Waals surface area contributed by atoms with Crippen molar-refractivity contribution in [1.82, 2.24) is 5.32 Å². The van der Waals surface area contributed by atoms with E-state index in [1.165, 1.54) is 0 Å². The highest BCUT2D eigenvalue weighted by Crippen LogP contribution is 2.20. The molecule has 0 aliphatic heterocycles. The molecule has 0 aromatic heterocycles. The van der Waals surface area contributed by atoms with Gasteiger partial charge in [-0.1, -0.05) is 0 Å². The molecule has 0 aliphatic carbocycles. The van der Waals surface area contributed by atoms with Crippen LogP contribution in [-0.4, -0.2) is 31.2 Å². The van der Waals surface area contributed by atoms with Crippen LogP contribution in [0, 0.1) is 11.6 Å². The van der Waals surface area contributed by atoms with E-state index in [1.54, 1.807) is 7.05 Å². The summed E-state index contributed by atoms with van der Waals surface area (Å²) >= 11 is 0. The van der Waals surface area contributed by atoms with Crippen LogP contribution in [0.2, 0.25) is 0 Å². The molecule has 0 heterocycles. The van der Waals surface area contributed by atoms with Gasteiger partial charge in [-0.25, -0.2) is 13.6 Å². The average Bonchev–Trinajstić information content (AvgIpc) is 2.26. The Balaban J connectivity index is 2.76. The van der Waals surface area contributed by atoms with E-state index in [1.807, 2.05) is 0 Å². The first kappa shape index (κ1) is 13.4. The van der Waals surface area contributed by atoms with E-state index in [-0.39, 0.29) is 5.69 Å². The quantitative estimate of drug-likeness (QED) is 0.666. The monoisotopic (exact) mass is 244 g/mol. The summed E-state index contributed by atoms with van der Waals surface area (Å²) in [4.78, 5) is 10.6. The highest BCUT2D eigenvalue weighted by molar-refractivity contribution is 5.88. The minimum Gasteiger partial charge on any atom is -0.478 e. The summed E-state index contributed by atoms with van der Waals surface area (Å²) in [7, 11) is 1.78. The zero-order chi connectivity index (χ0) is 12.8. The van der Waals surface area contributed by atoms with Crippen LogP contribution in [0.5, 0.6) is 0 Å². The van der Waals surface area contributed by atoms with Gasteiger partial charge in [0.2, 0.25) is 0 Å². The second kappa shape index (κ2) is 6.15. The fourth-order valence-corrected chi connectivity index (χ4v) is 1.34. The van der Waals surface area contributed by atoms with Crippen molar-refractivity contribution in [3.05, 3.63) is 29.3 Å². The van der Waals surface area contributed by atoms with Crippen molar-refractivity contribution in [2.75, 3.05) is 25.5 Å². The Morgan fingerprint density at radius 1 is 1.29 bits per heavy atom. The van der Waals surface area contributed by atoms with Gasteiger partial charge in [0.25, 0.3) is 0 Å². The molecule has 3 N–H and O–H groups in total. The molecule has 0 atom stereocenters. The van der Waals surface area contributed by atoms with Gasteiger partial charge >= 0.3 is 5.97 Å². The highest BCUT2D eigenvalue weighted by Gasteiger charge is 2.13. The van der Waals surface area contributed by atoms with Gasteiger partial charge < -0.3 is 15.7 Å². The molecule has 0 amide bonds. The van der Waals surface area contributed by atoms with Crippen molar-refractivity contribution in [2.45, 2.75) is 6.42 Å². The second-order valence-corrected chi connectivity index (χ2v) is 3.50. The number of nitrogens with one attached hydrogen (secondary N) is 2. The number of hydrogen-bond donors (Lipinski definition) is 3. The maximum Gasteiger partial charge on any atom is 0.335 e. The predicted octanol–water partition coefficient (Wildman–Crippen LogP) is 1.68. The molecule has 0 saturated heterocycles. The van der Waals surface area contributed by atoms with Gasteiger partial charge in [0.1, 0.15) is 17.3 Å². The zero-order valence-electron chi connectivity index (χ0n) is 9.39. The van der Waals surface area contributed by atoms with Crippen molar-refractivity contribution >= 4 is 11.7 Å². The number of aromatic carboxylic acids is 1. The number of rotatable bonds is 6. The number of anilines is 1. The molecule has 1 aromatic carbocycles. The molecule has 0 aliphatic rings. The number of carboxylic acid groups (broad SMARTS) is 1. The van der Waals surface area contributed by atoms with Gasteiger partial charge in [-0.05, 0) is 32.1 Å². The first-order chi connectivity index (χ1) is 8.06. The molecule has 17 heavy (non-hydrogen) atoms. The van der Waals surface area contributed by atoms with Gasteiger partial charge in [0.15, 0.2) is 0 Å². The Hall–Kier alpha value is -1.69. The number of benzene rings is 1. The van der Waals surface area contributed by atoms with Crippen LogP contribution in [0.15, 0.2) is 12.1 Å². The standard InChI is InChI=1S/C11H14F2N2O2/c1-14-3-2-4-15-10-8(12)5-7(11(16)17)6-9(10)13/h5-6,14-15H,2-4H2,1H3,(H,16,17). The van der Waals surface area contributed by atoms with Crippen molar-refractivity contribution in [2.24, 2.45) is 0 Å². The summed E-state index contributed by atoms with van der Waals surface area (Å²) in [5.41, 5.74) is -0.688. The summed E-state index contributed by atoms with van der Waals surface area (Å²) in [6.45, 7) is 1.13. The molecular formula is C11H14F2N2O2. The highest BCUT2D eigenvalue weighted by atomic mass is 19.1. The van der Waals surface area contributed by atoms with Gasteiger partial charge in [0.05, 0.1) is 5.56 Å². The molecule has 0 radical (unpaired) electrons. The lowest BCUT2D eigenvalue weighted by atomic mass is 10.2. The maximum absolute atomic E-state index is 13.4. The van der Waals surface area contributed by atoms with Crippen molar-refractivity contribution in [3.63, 3.8) is 0 Å². The van der Waals surface area contributed by atoms with Gasteiger partial charge in [0, 0.05) is 6.54 Å². The number of halogens is 2. The Morgan fingerprint density at radius 2 is 1.88 bits per heavy atom. The lowest BCUT2D eigenvalue weighted by Crippen LogP contribution is -2.14. The molecule has 0 fully saturated rings. The van der Waals surface area contributed by atoms with Crippen LogP contribution in [0.3, 0.4) is 0 Å². The van der Waals surface area contributed by atoms with Crippen LogP contribution < -0.4 is 10.6 Å². The Morgan fingerprint density at radius 3 is 2.35 bits per heavy atom. The zero-order valence-corrected chi connectivity index (χ0v) is 9.39. The predicted molar refractivity (Wildman–Crippen MR) is 60.4 cm³/mol. The molecule has 1 aromatic rings. The van der Waals surface area contributed by atoms with Gasteiger partial charge in [-0.3, -0.25) is 0 Å². The molecule has 1 rings (SSSR count). The summed E-state index contributed by atoms with van der Waals surface area (Å²) in [5, 5.41) is 14.1.